The van der Waals surface area contributed by atoms with Crippen molar-refractivity contribution in [3.8, 4) is 5.75 Å². The summed E-state index contributed by atoms with van der Waals surface area (Å²) < 4.78 is 8.89. The Morgan fingerprint density at radius 3 is 2.77 bits per heavy atom. The van der Waals surface area contributed by atoms with Crippen molar-refractivity contribution in [2.45, 2.75) is 0 Å². The first-order chi connectivity index (χ1) is 6.13. The number of nitrogens with zero attached hydrogens (tertiary/aromatic N) is 1. The summed E-state index contributed by atoms with van der Waals surface area (Å²) in [5.41, 5.74) is 0. The molecule has 0 unspecified atom stereocenters. The molecule has 0 saturated carbocycles. The minimum Gasteiger partial charge on any atom is -0.437 e. The predicted molar refractivity (Wildman–Crippen MR) is 47.3 cm³/mol. The lowest BCUT2D eigenvalue weighted by atomic mass is 10.5. The molecule has 0 atom stereocenters. The fraction of sp³-hybridized carbons (Fsp3) is 0.143. The fourth-order valence-corrected chi connectivity index (χ4v) is 1.01. The van der Waals surface area contributed by atoms with E-state index in [0.29, 0.717) is 0 Å². The molecule has 0 saturated heterocycles. The molecular formula is C7H5Cl2NO3. The normalized spacial score (nSPS) is 9.46. The number of halogens is 2. The number of carbonyl (C=O) groups excluding carboxylic acids is 1. The summed E-state index contributed by atoms with van der Waals surface area (Å²) in [5.74, 6) is 0.109. The predicted octanol–water partition coefficient (Wildman–Crippen LogP) is 2.53. The van der Waals surface area contributed by atoms with Crippen LogP contribution in [0, 0.1) is 0 Å². The van der Waals surface area contributed by atoms with E-state index >= 15 is 0 Å². The van der Waals surface area contributed by atoms with Crippen LogP contribution in [-0.2, 0) is 4.74 Å². The van der Waals surface area contributed by atoms with Gasteiger partial charge in [-0.15, -0.1) is 0 Å². The van der Waals surface area contributed by atoms with Crippen molar-refractivity contribution in [3.05, 3.63) is 22.4 Å². The second-order valence-corrected chi connectivity index (χ2v) is 2.79. The van der Waals surface area contributed by atoms with Crippen LogP contribution in [0.15, 0.2) is 12.3 Å². The second kappa shape index (κ2) is 4.30. The lowest BCUT2D eigenvalue weighted by Crippen LogP contribution is -2.07. The minimum absolute atomic E-state index is 0.109. The standard InChI is InChI=1S/C7H5Cl2NO3/c1-12-7(11)13-5-3-10-6(9)2-4(5)8/h2-3H,1H3. The smallest absolute Gasteiger partial charge is 0.437 e. The molecule has 4 nitrogen and oxygen atoms in total. The van der Waals surface area contributed by atoms with Crippen molar-refractivity contribution in [2.24, 2.45) is 0 Å². The molecule has 0 aromatic carbocycles. The highest BCUT2D eigenvalue weighted by Crippen LogP contribution is 2.25. The van der Waals surface area contributed by atoms with Gasteiger partial charge in [-0.3, -0.25) is 0 Å². The van der Waals surface area contributed by atoms with Gasteiger partial charge in [-0.1, -0.05) is 23.2 Å². The van der Waals surface area contributed by atoms with Crippen LogP contribution in [0.4, 0.5) is 4.79 Å². The van der Waals surface area contributed by atoms with E-state index < -0.39 is 6.16 Å². The molecule has 0 amide bonds. The molecule has 13 heavy (non-hydrogen) atoms. The van der Waals surface area contributed by atoms with E-state index in [1.165, 1.54) is 19.4 Å². The third-order valence-electron chi connectivity index (χ3n) is 1.15. The first kappa shape index (κ1) is 10.1. The largest absolute Gasteiger partial charge is 0.513 e. The molecule has 0 spiro atoms. The number of rotatable bonds is 1. The third kappa shape index (κ3) is 2.75. The van der Waals surface area contributed by atoms with Crippen LogP contribution < -0.4 is 4.74 Å². The highest BCUT2D eigenvalue weighted by atomic mass is 35.5. The van der Waals surface area contributed by atoms with Crippen LogP contribution in [0.5, 0.6) is 5.75 Å². The van der Waals surface area contributed by atoms with E-state index in [1.54, 1.807) is 0 Å². The maximum absolute atomic E-state index is 10.7. The van der Waals surface area contributed by atoms with Gasteiger partial charge in [0, 0.05) is 0 Å². The van der Waals surface area contributed by atoms with Gasteiger partial charge in [-0.2, -0.15) is 0 Å². The van der Waals surface area contributed by atoms with Gasteiger partial charge < -0.3 is 9.47 Å². The molecule has 0 radical (unpaired) electrons. The number of hydrogen-bond acceptors (Lipinski definition) is 4. The summed E-state index contributed by atoms with van der Waals surface area (Å²) in [4.78, 5) is 14.3. The van der Waals surface area contributed by atoms with Crippen molar-refractivity contribution < 1.29 is 14.3 Å². The number of ether oxygens (including phenoxy) is 2. The zero-order chi connectivity index (χ0) is 9.84. The van der Waals surface area contributed by atoms with Crippen molar-refractivity contribution in [3.63, 3.8) is 0 Å². The van der Waals surface area contributed by atoms with Crippen LogP contribution in [0.3, 0.4) is 0 Å². The van der Waals surface area contributed by atoms with Gasteiger partial charge in [0.15, 0.2) is 5.75 Å². The Labute approximate surface area is 84.4 Å². The SMILES string of the molecule is COC(=O)Oc1cnc(Cl)cc1Cl. The zero-order valence-electron chi connectivity index (χ0n) is 6.58. The second-order valence-electron chi connectivity index (χ2n) is 1.99. The Morgan fingerprint density at radius 1 is 1.54 bits per heavy atom. The molecule has 70 valence electrons. The molecule has 0 bridgehead atoms. The number of aromatic nitrogens is 1. The zero-order valence-corrected chi connectivity index (χ0v) is 8.09. The molecule has 1 aromatic rings. The van der Waals surface area contributed by atoms with Crippen molar-refractivity contribution in [1.82, 2.24) is 4.98 Å². The Balaban J connectivity index is 2.83. The molecule has 0 aliphatic rings. The van der Waals surface area contributed by atoms with Crippen molar-refractivity contribution in [2.75, 3.05) is 7.11 Å². The monoisotopic (exact) mass is 221 g/mol. The summed E-state index contributed by atoms with van der Waals surface area (Å²) in [6.45, 7) is 0. The molecule has 1 aromatic heterocycles. The molecule has 0 aliphatic heterocycles. The van der Waals surface area contributed by atoms with E-state index in [0.717, 1.165) is 0 Å². The van der Waals surface area contributed by atoms with Gasteiger partial charge in [-0.05, 0) is 6.07 Å². The van der Waals surface area contributed by atoms with E-state index in [-0.39, 0.29) is 15.9 Å². The van der Waals surface area contributed by atoms with Gasteiger partial charge in [0.25, 0.3) is 0 Å². The fourth-order valence-electron chi connectivity index (χ4n) is 0.601. The summed E-state index contributed by atoms with van der Waals surface area (Å²) in [7, 11) is 1.19. The van der Waals surface area contributed by atoms with Crippen molar-refractivity contribution in [1.29, 1.82) is 0 Å². The summed E-state index contributed by atoms with van der Waals surface area (Å²) in [6.07, 6.45) is 0.382. The molecule has 6 heteroatoms. The Morgan fingerprint density at radius 2 is 2.23 bits per heavy atom. The molecule has 1 rings (SSSR count). The van der Waals surface area contributed by atoms with Crippen LogP contribution in [-0.4, -0.2) is 18.2 Å². The highest BCUT2D eigenvalue weighted by molar-refractivity contribution is 6.34. The third-order valence-corrected chi connectivity index (χ3v) is 1.65. The Hall–Kier alpha value is -1.000. The van der Waals surface area contributed by atoms with Gasteiger partial charge in [0.1, 0.15) is 5.15 Å². The van der Waals surface area contributed by atoms with Gasteiger partial charge >= 0.3 is 6.16 Å². The summed E-state index contributed by atoms with van der Waals surface area (Å²) in [6, 6.07) is 1.36. The van der Waals surface area contributed by atoms with Gasteiger partial charge in [0.05, 0.1) is 18.3 Å². The van der Waals surface area contributed by atoms with E-state index in [1.807, 2.05) is 0 Å². The van der Waals surface area contributed by atoms with Crippen LogP contribution in [0.25, 0.3) is 0 Å². The highest BCUT2D eigenvalue weighted by Gasteiger charge is 2.08. The lowest BCUT2D eigenvalue weighted by molar-refractivity contribution is 0.121. The van der Waals surface area contributed by atoms with Crippen LogP contribution >= 0.6 is 23.2 Å². The van der Waals surface area contributed by atoms with E-state index in [2.05, 4.69) is 14.5 Å². The first-order valence-corrected chi connectivity index (χ1v) is 3.96. The number of carbonyl (C=O) groups is 1. The van der Waals surface area contributed by atoms with Gasteiger partial charge in [-0.25, -0.2) is 9.78 Å². The number of pyridine rings is 1. The average Bonchev–Trinajstić information content (AvgIpc) is 2.09. The molecule has 1 heterocycles. The Bertz CT molecular complexity index is 330. The summed E-state index contributed by atoms with van der Waals surface area (Å²) in [5, 5.41) is 0.424. The number of methoxy groups -OCH3 is 1. The molecular weight excluding hydrogens is 217 g/mol. The minimum atomic E-state index is -0.856. The van der Waals surface area contributed by atoms with E-state index in [9.17, 15) is 4.79 Å². The van der Waals surface area contributed by atoms with Gasteiger partial charge in [0.2, 0.25) is 0 Å². The number of hydrogen-bond donors (Lipinski definition) is 0. The maximum Gasteiger partial charge on any atom is 0.513 e. The maximum atomic E-state index is 10.7. The Kier molecular flexibility index (Phi) is 3.33. The topological polar surface area (TPSA) is 48.4 Å². The molecule has 0 fully saturated rings. The lowest BCUT2D eigenvalue weighted by Gasteiger charge is -2.03. The van der Waals surface area contributed by atoms with Crippen LogP contribution in [0.2, 0.25) is 10.2 Å². The van der Waals surface area contributed by atoms with E-state index in [4.69, 9.17) is 23.2 Å². The van der Waals surface area contributed by atoms with Crippen LogP contribution in [0.1, 0.15) is 0 Å². The quantitative estimate of drug-likeness (QED) is 0.541. The molecule has 0 aliphatic carbocycles. The average molecular weight is 222 g/mol. The first-order valence-electron chi connectivity index (χ1n) is 3.20. The molecule has 0 N–H and O–H groups in total. The van der Waals surface area contributed by atoms with Crippen molar-refractivity contribution >= 4 is 29.4 Å². The summed E-state index contributed by atoms with van der Waals surface area (Å²) >= 11 is 11.2.